The molecule has 1 fully saturated rings. The monoisotopic (exact) mass is 214 g/mol. The van der Waals surface area contributed by atoms with E-state index in [1.807, 2.05) is 7.11 Å². The molecule has 0 aromatic rings. The molecule has 2 atom stereocenters. The summed E-state index contributed by atoms with van der Waals surface area (Å²) in [7, 11) is 1.81. The van der Waals surface area contributed by atoms with Gasteiger partial charge >= 0.3 is 0 Å². The zero-order valence-corrected chi connectivity index (χ0v) is 10.4. The van der Waals surface area contributed by atoms with E-state index < -0.39 is 0 Å². The molecule has 0 aromatic heterocycles. The molecule has 1 aliphatic rings. The van der Waals surface area contributed by atoms with Crippen molar-refractivity contribution in [2.75, 3.05) is 26.7 Å². The van der Waals surface area contributed by atoms with E-state index in [1.165, 1.54) is 25.8 Å². The lowest BCUT2D eigenvalue weighted by Crippen LogP contribution is -2.48. The Bertz CT molecular complexity index is 173. The summed E-state index contributed by atoms with van der Waals surface area (Å²) in [6, 6.07) is 0.544. The van der Waals surface area contributed by atoms with E-state index >= 15 is 0 Å². The number of hydrogen-bond acceptors (Lipinski definition) is 3. The van der Waals surface area contributed by atoms with Crippen molar-refractivity contribution in [3.05, 3.63) is 0 Å². The number of methoxy groups -OCH3 is 1. The van der Waals surface area contributed by atoms with Crippen LogP contribution in [0.25, 0.3) is 0 Å². The molecule has 3 nitrogen and oxygen atoms in total. The maximum absolute atomic E-state index is 5.86. The molecule has 0 amide bonds. The van der Waals surface area contributed by atoms with Gasteiger partial charge in [0, 0.05) is 26.2 Å². The van der Waals surface area contributed by atoms with Crippen molar-refractivity contribution in [2.45, 2.75) is 45.3 Å². The molecule has 0 spiro atoms. The van der Waals surface area contributed by atoms with Gasteiger partial charge in [-0.05, 0) is 31.7 Å². The molecule has 0 aromatic carbocycles. The SMILES string of the molecule is COC1CCCN(C(CN)CC(C)C)C1. The normalized spacial score (nSPS) is 25.8. The lowest BCUT2D eigenvalue weighted by Gasteiger charge is -2.38. The predicted octanol–water partition coefficient (Wildman–Crippen LogP) is 1.47. The summed E-state index contributed by atoms with van der Waals surface area (Å²) in [5.41, 5.74) is 5.86. The minimum absolute atomic E-state index is 0.417. The molecule has 0 bridgehead atoms. The molecule has 0 aliphatic carbocycles. The van der Waals surface area contributed by atoms with E-state index in [2.05, 4.69) is 18.7 Å². The van der Waals surface area contributed by atoms with E-state index in [-0.39, 0.29) is 0 Å². The molecular weight excluding hydrogens is 188 g/mol. The van der Waals surface area contributed by atoms with Crippen LogP contribution in [0, 0.1) is 5.92 Å². The minimum Gasteiger partial charge on any atom is -0.380 e. The van der Waals surface area contributed by atoms with Crippen LogP contribution in [0.2, 0.25) is 0 Å². The van der Waals surface area contributed by atoms with Crippen LogP contribution in [0.3, 0.4) is 0 Å². The molecule has 2 N–H and O–H groups in total. The van der Waals surface area contributed by atoms with Crippen molar-refractivity contribution in [3.8, 4) is 0 Å². The number of nitrogens with zero attached hydrogens (tertiary/aromatic N) is 1. The Balaban J connectivity index is 2.44. The van der Waals surface area contributed by atoms with Gasteiger partial charge in [0.15, 0.2) is 0 Å². The Morgan fingerprint density at radius 3 is 2.73 bits per heavy atom. The Hall–Kier alpha value is -0.120. The summed E-state index contributed by atoms with van der Waals surface area (Å²) >= 11 is 0. The summed E-state index contributed by atoms with van der Waals surface area (Å²) < 4.78 is 5.44. The fraction of sp³-hybridized carbons (Fsp3) is 1.00. The van der Waals surface area contributed by atoms with Crippen molar-refractivity contribution in [3.63, 3.8) is 0 Å². The second-order valence-electron chi connectivity index (χ2n) is 5.01. The third-order valence-electron chi connectivity index (χ3n) is 3.27. The van der Waals surface area contributed by atoms with Gasteiger partial charge in [0.25, 0.3) is 0 Å². The smallest absolute Gasteiger partial charge is 0.0698 e. The van der Waals surface area contributed by atoms with Crippen LogP contribution in [0.1, 0.15) is 33.1 Å². The topological polar surface area (TPSA) is 38.5 Å². The lowest BCUT2D eigenvalue weighted by atomic mass is 9.99. The Labute approximate surface area is 94.0 Å². The molecule has 0 saturated carbocycles. The van der Waals surface area contributed by atoms with Crippen molar-refractivity contribution >= 4 is 0 Å². The zero-order valence-electron chi connectivity index (χ0n) is 10.4. The van der Waals surface area contributed by atoms with Crippen molar-refractivity contribution < 1.29 is 4.74 Å². The fourth-order valence-corrected chi connectivity index (χ4v) is 2.43. The van der Waals surface area contributed by atoms with Crippen LogP contribution in [0.5, 0.6) is 0 Å². The van der Waals surface area contributed by atoms with Gasteiger partial charge in [-0.25, -0.2) is 0 Å². The predicted molar refractivity (Wildman–Crippen MR) is 63.9 cm³/mol. The first kappa shape index (κ1) is 12.9. The van der Waals surface area contributed by atoms with Crippen LogP contribution in [0.15, 0.2) is 0 Å². The molecule has 2 unspecified atom stereocenters. The molecule has 15 heavy (non-hydrogen) atoms. The van der Waals surface area contributed by atoms with Gasteiger partial charge in [0.1, 0.15) is 0 Å². The number of rotatable bonds is 5. The first-order valence-electron chi connectivity index (χ1n) is 6.14. The van der Waals surface area contributed by atoms with E-state index in [9.17, 15) is 0 Å². The van der Waals surface area contributed by atoms with Gasteiger partial charge < -0.3 is 10.5 Å². The lowest BCUT2D eigenvalue weighted by molar-refractivity contribution is 0.0125. The summed E-state index contributed by atoms with van der Waals surface area (Å²) in [5, 5.41) is 0. The Morgan fingerprint density at radius 1 is 1.47 bits per heavy atom. The standard InChI is InChI=1S/C12H26N2O/c1-10(2)7-11(8-13)14-6-4-5-12(9-14)15-3/h10-12H,4-9,13H2,1-3H3. The first-order chi connectivity index (χ1) is 7.17. The molecule has 90 valence electrons. The van der Waals surface area contributed by atoms with Gasteiger partial charge in [-0.3, -0.25) is 4.90 Å². The van der Waals surface area contributed by atoms with Crippen molar-refractivity contribution in [2.24, 2.45) is 11.7 Å². The summed E-state index contributed by atoms with van der Waals surface area (Å²) in [6.07, 6.45) is 4.06. The van der Waals surface area contributed by atoms with E-state index in [1.54, 1.807) is 0 Å². The van der Waals surface area contributed by atoms with Crippen LogP contribution in [0.4, 0.5) is 0 Å². The summed E-state index contributed by atoms with van der Waals surface area (Å²) in [5.74, 6) is 0.724. The average molecular weight is 214 g/mol. The van der Waals surface area contributed by atoms with Crippen LogP contribution >= 0.6 is 0 Å². The summed E-state index contributed by atoms with van der Waals surface area (Å²) in [4.78, 5) is 2.51. The quantitative estimate of drug-likeness (QED) is 0.753. The Kier molecular flexibility index (Phi) is 5.58. The molecular formula is C12H26N2O. The highest BCUT2D eigenvalue weighted by Gasteiger charge is 2.25. The second-order valence-corrected chi connectivity index (χ2v) is 5.01. The molecule has 1 heterocycles. The third kappa shape index (κ3) is 4.09. The molecule has 1 aliphatic heterocycles. The highest BCUT2D eigenvalue weighted by atomic mass is 16.5. The minimum atomic E-state index is 0.417. The highest BCUT2D eigenvalue weighted by Crippen LogP contribution is 2.18. The molecule has 1 saturated heterocycles. The molecule has 1 rings (SSSR count). The van der Waals surface area contributed by atoms with Gasteiger partial charge in [0.05, 0.1) is 6.10 Å². The van der Waals surface area contributed by atoms with Gasteiger partial charge in [0.2, 0.25) is 0 Å². The number of hydrogen-bond donors (Lipinski definition) is 1. The number of ether oxygens (including phenoxy) is 1. The number of likely N-dealkylation sites (tertiary alicyclic amines) is 1. The van der Waals surface area contributed by atoms with Crippen LogP contribution < -0.4 is 5.73 Å². The van der Waals surface area contributed by atoms with Crippen molar-refractivity contribution in [1.82, 2.24) is 4.90 Å². The van der Waals surface area contributed by atoms with E-state index in [4.69, 9.17) is 10.5 Å². The summed E-state index contributed by atoms with van der Waals surface area (Å²) in [6.45, 7) is 7.55. The number of piperidine rings is 1. The first-order valence-corrected chi connectivity index (χ1v) is 6.14. The molecule has 3 heteroatoms. The van der Waals surface area contributed by atoms with Crippen molar-refractivity contribution in [1.29, 1.82) is 0 Å². The van der Waals surface area contributed by atoms with Crippen LogP contribution in [-0.2, 0) is 4.74 Å². The zero-order chi connectivity index (χ0) is 11.3. The molecule has 0 radical (unpaired) electrons. The van der Waals surface area contributed by atoms with Gasteiger partial charge in [-0.1, -0.05) is 13.8 Å². The number of nitrogens with two attached hydrogens (primary N) is 1. The highest BCUT2D eigenvalue weighted by molar-refractivity contribution is 4.80. The van der Waals surface area contributed by atoms with Gasteiger partial charge in [-0.15, -0.1) is 0 Å². The van der Waals surface area contributed by atoms with Gasteiger partial charge in [-0.2, -0.15) is 0 Å². The average Bonchev–Trinajstić information content (AvgIpc) is 2.25. The maximum Gasteiger partial charge on any atom is 0.0698 e. The fourth-order valence-electron chi connectivity index (χ4n) is 2.43. The van der Waals surface area contributed by atoms with Crippen LogP contribution in [-0.4, -0.2) is 43.8 Å². The Morgan fingerprint density at radius 2 is 2.20 bits per heavy atom. The largest absolute Gasteiger partial charge is 0.380 e. The maximum atomic E-state index is 5.86. The van der Waals surface area contributed by atoms with E-state index in [0.29, 0.717) is 12.1 Å². The second kappa shape index (κ2) is 6.46. The van der Waals surface area contributed by atoms with E-state index in [0.717, 1.165) is 19.0 Å². The third-order valence-corrected chi connectivity index (χ3v) is 3.27.